The Kier molecular flexibility index (Phi) is 9.36. The number of nitrogens with one attached hydrogen (secondary N) is 2. The molecule has 232 valence electrons. The summed E-state index contributed by atoms with van der Waals surface area (Å²) in [4.78, 5) is 36.1. The van der Waals surface area contributed by atoms with Crippen LogP contribution in [0, 0.1) is 18.6 Å². The highest BCUT2D eigenvalue weighted by molar-refractivity contribution is 5.99. The average molecular weight is 616 g/mol. The van der Waals surface area contributed by atoms with E-state index in [4.69, 9.17) is 0 Å². The molecule has 0 aliphatic heterocycles. The molecule has 0 saturated carbocycles. The highest BCUT2D eigenvalue weighted by Gasteiger charge is 2.38. The normalized spacial score (nSPS) is 12.9. The number of hydrogen-bond acceptors (Lipinski definition) is 6. The molecule has 0 saturated heterocycles. The van der Waals surface area contributed by atoms with E-state index in [2.05, 4.69) is 15.3 Å². The summed E-state index contributed by atoms with van der Waals surface area (Å²) < 4.78 is 69.0. The fourth-order valence-electron chi connectivity index (χ4n) is 5.05. The van der Waals surface area contributed by atoms with Crippen LogP contribution in [0.2, 0.25) is 0 Å². The molecule has 0 fully saturated rings. The van der Waals surface area contributed by atoms with E-state index in [0.29, 0.717) is 39.9 Å². The first-order chi connectivity index (χ1) is 20.7. The van der Waals surface area contributed by atoms with Crippen molar-refractivity contribution in [2.75, 3.05) is 24.3 Å². The second kappa shape index (κ2) is 12.8. The van der Waals surface area contributed by atoms with Gasteiger partial charge in [-0.2, -0.15) is 13.2 Å². The van der Waals surface area contributed by atoms with E-state index in [1.807, 2.05) is 37.3 Å². The van der Waals surface area contributed by atoms with Gasteiger partial charge in [-0.1, -0.05) is 25.1 Å². The molecular formula is C31H30F5N5O3. The SMILES string of the molecule is CC[C@@H](Nc1cc(F)c(C(=O)N[C@@H](Cc2ccc(-c3nccc(C)c3N(C)C)c3ncccc23)C(=O)O)c(F)c1)C(F)(F)F. The van der Waals surface area contributed by atoms with Gasteiger partial charge < -0.3 is 20.6 Å². The Morgan fingerprint density at radius 1 is 1.02 bits per heavy atom. The van der Waals surface area contributed by atoms with Crippen molar-refractivity contribution in [1.29, 1.82) is 0 Å². The molecule has 1 amide bonds. The molecule has 0 bridgehead atoms. The summed E-state index contributed by atoms with van der Waals surface area (Å²) in [5, 5.41) is 14.6. The molecule has 4 aromatic rings. The third-order valence-corrected chi connectivity index (χ3v) is 7.13. The Morgan fingerprint density at radius 3 is 2.30 bits per heavy atom. The Morgan fingerprint density at radius 2 is 1.70 bits per heavy atom. The third-order valence-electron chi connectivity index (χ3n) is 7.13. The Balaban J connectivity index is 1.64. The number of anilines is 2. The molecule has 0 unspecified atom stereocenters. The van der Waals surface area contributed by atoms with Gasteiger partial charge in [-0.25, -0.2) is 13.6 Å². The van der Waals surface area contributed by atoms with E-state index < -0.39 is 59.4 Å². The van der Waals surface area contributed by atoms with E-state index in [1.165, 1.54) is 6.92 Å². The number of aromatic nitrogens is 2. The summed E-state index contributed by atoms with van der Waals surface area (Å²) in [5.41, 5.74) is 2.60. The van der Waals surface area contributed by atoms with Crippen molar-refractivity contribution >= 4 is 34.2 Å². The van der Waals surface area contributed by atoms with E-state index >= 15 is 0 Å². The lowest BCUT2D eigenvalue weighted by atomic mass is 9.95. The van der Waals surface area contributed by atoms with Gasteiger partial charge in [-0.05, 0) is 48.7 Å². The summed E-state index contributed by atoms with van der Waals surface area (Å²) in [6, 6.07) is 6.14. The smallest absolute Gasteiger partial charge is 0.408 e. The van der Waals surface area contributed by atoms with Crippen molar-refractivity contribution in [2.24, 2.45) is 0 Å². The van der Waals surface area contributed by atoms with Gasteiger partial charge in [0.15, 0.2) is 0 Å². The third kappa shape index (κ3) is 6.71. The zero-order valence-electron chi connectivity index (χ0n) is 24.3. The summed E-state index contributed by atoms with van der Waals surface area (Å²) in [5.74, 6) is -5.75. The number of carboxylic acids is 1. The number of amides is 1. The number of fused-ring (bicyclic) bond motifs is 1. The van der Waals surface area contributed by atoms with Gasteiger partial charge in [0.2, 0.25) is 0 Å². The number of carbonyl (C=O) groups excluding carboxylic acids is 1. The monoisotopic (exact) mass is 615 g/mol. The molecule has 2 heterocycles. The molecule has 8 nitrogen and oxygen atoms in total. The molecule has 2 aromatic heterocycles. The number of aryl methyl sites for hydroxylation is 1. The van der Waals surface area contributed by atoms with Gasteiger partial charge in [-0.15, -0.1) is 0 Å². The van der Waals surface area contributed by atoms with Crippen molar-refractivity contribution in [1.82, 2.24) is 15.3 Å². The van der Waals surface area contributed by atoms with Crippen LogP contribution in [0.4, 0.5) is 33.3 Å². The molecule has 0 spiro atoms. The Labute approximate surface area is 249 Å². The van der Waals surface area contributed by atoms with Crippen molar-refractivity contribution in [3.8, 4) is 11.3 Å². The molecule has 0 aliphatic rings. The van der Waals surface area contributed by atoms with Gasteiger partial charge >= 0.3 is 12.1 Å². The number of carboxylic acid groups (broad SMARTS) is 1. The van der Waals surface area contributed by atoms with E-state index in [-0.39, 0.29) is 6.42 Å². The van der Waals surface area contributed by atoms with Crippen molar-refractivity contribution in [3.05, 3.63) is 83.2 Å². The first kappa shape index (κ1) is 32.1. The number of rotatable bonds is 10. The predicted octanol–water partition coefficient (Wildman–Crippen LogP) is 6.13. The number of pyridine rings is 2. The lowest BCUT2D eigenvalue weighted by Crippen LogP contribution is -2.43. The van der Waals surface area contributed by atoms with Crippen molar-refractivity contribution < 1.29 is 36.6 Å². The number of benzene rings is 2. The van der Waals surface area contributed by atoms with Gasteiger partial charge in [-0.3, -0.25) is 14.8 Å². The molecule has 3 N–H and O–H groups in total. The summed E-state index contributed by atoms with van der Waals surface area (Å²) >= 11 is 0. The second-order valence-electron chi connectivity index (χ2n) is 10.4. The fraction of sp³-hybridized carbons (Fsp3) is 0.290. The Bertz CT molecular complexity index is 1690. The highest BCUT2D eigenvalue weighted by Crippen LogP contribution is 2.36. The fourth-order valence-corrected chi connectivity index (χ4v) is 5.05. The first-order valence-corrected chi connectivity index (χ1v) is 13.6. The molecular weight excluding hydrogens is 585 g/mol. The predicted molar refractivity (Wildman–Crippen MR) is 157 cm³/mol. The minimum Gasteiger partial charge on any atom is -0.480 e. The summed E-state index contributed by atoms with van der Waals surface area (Å²) in [7, 11) is 3.77. The van der Waals surface area contributed by atoms with Crippen LogP contribution < -0.4 is 15.5 Å². The molecule has 4 rings (SSSR count). The standard InChI is InChI=1S/C31H30F5N5O3/c1-5-24(31(34,35)36)39-18-14-21(32)25(22(33)15-18)29(42)40-23(30(43)44)13-17-8-9-20(26-19(17)7-6-11-37-26)27-28(41(3)4)16(2)10-12-38-27/h6-12,14-15,23-24,39H,5,13H2,1-4H3,(H,40,42)(H,43,44)/t23-,24+/m0/s1. The maximum Gasteiger partial charge on any atom is 0.408 e. The van der Waals surface area contributed by atoms with Crippen LogP contribution in [0.25, 0.3) is 22.2 Å². The van der Waals surface area contributed by atoms with Crippen LogP contribution in [-0.4, -0.2) is 59.3 Å². The van der Waals surface area contributed by atoms with Gasteiger partial charge in [0, 0.05) is 49.5 Å². The lowest BCUT2D eigenvalue weighted by molar-refractivity contribution is -0.143. The van der Waals surface area contributed by atoms with Gasteiger partial charge in [0.25, 0.3) is 5.91 Å². The van der Waals surface area contributed by atoms with Gasteiger partial charge in [0.05, 0.1) is 16.9 Å². The lowest BCUT2D eigenvalue weighted by Gasteiger charge is -2.22. The zero-order chi connectivity index (χ0) is 32.3. The summed E-state index contributed by atoms with van der Waals surface area (Å²) in [6.07, 6.45) is -2.08. The van der Waals surface area contributed by atoms with Crippen molar-refractivity contribution in [2.45, 2.75) is 44.9 Å². The number of aliphatic carboxylic acids is 1. The van der Waals surface area contributed by atoms with Gasteiger partial charge in [0.1, 0.15) is 29.3 Å². The largest absolute Gasteiger partial charge is 0.480 e. The maximum atomic E-state index is 14.8. The van der Waals surface area contributed by atoms with Crippen LogP contribution in [0.5, 0.6) is 0 Å². The van der Waals surface area contributed by atoms with E-state index in [0.717, 1.165) is 11.3 Å². The number of carbonyl (C=O) groups is 2. The van der Waals surface area contributed by atoms with Crippen molar-refractivity contribution in [3.63, 3.8) is 0 Å². The molecule has 2 aromatic carbocycles. The first-order valence-electron chi connectivity index (χ1n) is 13.6. The van der Waals surface area contributed by atoms with Crippen LogP contribution in [0.3, 0.4) is 0 Å². The van der Waals surface area contributed by atoms with Crippen LogP contribution in [0.1, 0.15) is 34.8 Å². The topological polar surface area (TPSA) is 107 Å². The minimum atomic E-state index is -4.67. The molecule has 2 atom stereocenters. The van der Waals surface area contributed by atoms with Crippen LogP contribution in [-0.2, 0) is 11.2 Å². The number of nitrogens with zero attached hydrogens (tertiary/aromatic N) is 3. The van der Waals surface area contributed by atoms with Crippen LogP contribution >= 0.6 is 0 Å². The van der Waals surface area contributed by atoms with E-state index in [1.54, 1.807) is 36.7 Å². The molecule has 13 heteroatoms. The second-order valence-corrected chi connectivity index (χ2v) is 10.4. The number of hydrogen-bond donors (Lipinski definition) is 3. The molecule has 0 radical (unpaired) electrons. The zero-order valence-corrected chi connectivity index (χ0v) is 24.3. The number of alkyl halides is 3. The average Bonchev–Trinajstić information content (AvgIpc) is 2.94. The Hall–Kier alpha value is -4.81. The highest BCUT2D eigenvalue weighted by atomic mass is 19.4. The quantitative estimate of drug-likeness (QED) is 0.184. The minimum absolute atomic E-state index is 0.266. The molecule has 0 aliphatic carbocycles. The van der Waals surface area contributed by atoms with Crippen LogP contribution in [0.15, 0.2) is 54.9 Å². The van der Waals surface area contributed by atoms with E-state index in [9.17, 15) is 36.6 Å². The summed E-state index contributed by atoms with van der Waals surface area (Å²) in [6.45, 7) is 3.20. The molecule has 44 heavy (non-hydrogen) atoms. The maximum absolute atomic E-state index is 14.8. The number of halogens is 5.